The highest BCUT2D eigenvalue weighted by Gasteiger charge is 2.25. The zero-order valence-electron chi connectivity index (χ0n) is 11.6. The van der Waals surface area contributed by atoms with E-state index in [1.165, 1.54) is 0 Å². The molecule has 112 valence electrons. The molecule has 0 bridgehead atoms. The molecule has 1 atom stereocenters. The summed E-state index contributed by atoms with van der Waals surface area (Å²) in [5.41, 5.74) is 1.71. The summed E-state index contributed by atoms with van der Waals surface area (Å²) in [6.45, 7) is 6.34. The van der Waals surface area contributed by atoms with E-state index in [9.17, 15) is 4.39 Å². The number of rotatable bonds is 2. The van der Waals surface area contributed by atoms with E-state index in [1.54, 1.807) is 17.8 Å². The number of hydrogen-bond acceptors (Lipinski definition) is 2. The Labute approximate surface area is 135 Å². The Balaban J connectivity index is 2.30. The summed E-state index contributed by atoms with van der Waals surface area (Å²) >= 11 is 9.43. The lowest BCUT2D eigenvalue weighted by Gasteiger charge is -2.24. The largest absolute Gasteiger partial charge is 0.356 e. The number of halogens is 3. The van der Waals surface area contributed by atoms with Gasteiger partial charge in [-0.15, -0.1) is 0 Å². The van der Waals surface area contributed by atoms with Crippen LogP contribution in [-0.2, 0) is 4.74 Å². The molecular weight excluding hydrogens is 359 g/mol. The summed E-state index contributed by atoms with van der Waals surface area (Å²) in [5.74, 6) is -0.471. The maximum atomic E-state index is 14.6. The molecule has 0 N–H and O–H groups in total. The van der Waals surface area contributed by atoms with Gasteiger partial charge in [0.15, 0.2) is 12.0 Å². The number of ether oxygens (including phenoxy) is 1. The fourth-order valence-electron chi connectivity index (χ4n) is 2.72. The van der Waals surface area contributed by atoms with Gasteiger partial charge in [0.05, 0.1) is 21.2 Å². The van der Waals surface area contributed by atoms with E-state index in [0.717, 1.165) is 24.6 Å². The van der Waals surface area contributed by atoms with Crippen LogP contribution in [0.25, 0.3) is 16.5 Å². The van der Waals surface area contributed by atoms with Crippen LogP contribution in [0.1, 0.15) is 38.0 Å². The number of fused-ring (bicyclic) bond motifs is 1. The number of aromatic nitrogens is 2. The highest BCUT2D eigenvalue weighted by molar-refractivity contribution is 9.10. The molecule has 0 radical (unpaired) electrons. The summed E-state index contributed by atoms with van der Waals surface area (Å²) in [6, 6.07) is 0. The fraction of sp³-hybridized carbons (Fsp3) is 0.400. The molecule has 0 saturated carbocycles. The topological polar surface area (TPSA) is 27.1 Å². The number of benzene rings is 1. The predicted octanol–water partition coefficient (Wildman–Crippen LogP) is 5.32. The van der Waals surface area contributed by atoms with Crippen molar-refractivity contribution in [3.8, 4) is 0 Å². The monoisotopic (exact) mass is 372 g/mol. The molecular formula is C15H15BrClFN2O. The van der Waals surface area contributed by atoms with E-state index in [-0.39, 0.29) is 11.3 Å². The van der Waals surface area contributed by atoms with Crippen molar-refractivity contribution in [1.82, 2.24) is 9.78 Å². The molecule has 3 nitrogen and oxygen atoms in total. The van der Waals surface area contributed by atoms with Crippen LogP contribution in [0, 0.1) is 5.82 Å². The highest BCUT2D eigenvalue weighted by Crippen LogP contribution is 2.40. The normalized spacial score (nSPS) is 19.1. The van der Waals surface area contributed by atoms with Crippen LogP contribution in [0.2, 0.25) is 5.02 Å². The van der Waals surface area contributed by atoms with Crippen molar-refractivity contribution >= 4 is 44.0 Å². The van der Waals surface area contributed by atoms with Gasteiger partial charge >= 0.3 is 0 Å². The smallest absolute Gasteiger partial charge is 0.152 e. The summed E-state index contributed by atoms with van der Waals surface area (Å²) in [6.07, 6.45) is 4.52. The van der Waals surface area contributed by atoms with E-state index in [4.69, 9.17) is 16.3 Å². The fourth-order valence-corrected chi connectivity index (χ4v) is 3.39. The first-order valence-corrected chi connectivity index (χ1v) is 8.00. The molecule has 1 aliphatic heterocycles. The van der Waals surface area contributed by atoms with Gasteiger partial charge in [-0.25, -0.2) is 9.07 Å². The van der Waals surface area contributed by atoms with Gasteiger partial charge in [-0.1, -0.05) is 18.2 Å². The summed E-state index contributed by atoms with van der Waals surface area (Å²) < 4.78 is 22.6. The second-order valence-corrected chi connectivity index (χ2v) is 6.44. The van der Waals surface area contributed by atoms with Crippen LogP contribution in [0.15, 0.2) is 17.2 Å². The Morgan fingerprint density at radius 1 is 1.57 bits per heavy atom. The Morgan fingerprint density at radius 2 is 2.33 bits per heavy atom. The van der Waals surface area contributed by atoms with Crippen LogP contribution in [0.4, 0.5) is 4.39 Å². The third-order valence-corrected chi connectivity index (χ3v) is 5.14. The summed E-state index contributed by atoms with van der Waals surface area (Å²) in [7, 11) is 0. The van der Waals surface area contributed by atoms with Crippen molar-refractivity contribution in [2.75, 3.05) is 6.61 Å². The van der Waals surface area contributed by atoms with Crippen molar-refractivity contribution in [3.05, 3.63) is 33.7 Å². The van der Waals surface area contributed by atoms with Crippen LogP contribution in [0.5, 0.6) is 0 Å². The van der Waals surface area contributed by atoms with E-state index >= 15 is 0 Å². The van der Waals surface area contributed by atoms with E-state index in [2.05, 4.69) is 27.6 Å². The first-order valence-electron chi connectivity index (χ1n) is 6.83. The Hall–Kier alpha value is -0.910. The Bertz CT molecular complexity index is 722. The lowest BCUT2D eigenvalue weighted by Crippen LogP contribution is -2.19. The van der Waals surface area contributed by atoms with Gasteiger partial charge < -0.3 is 4.74 Å². The molecule has 1 aliphatic rings. The molecule has 1 fully saturated rings. The van der Waals surface area contributed by atoms with Crippen molar-refractivity contribution in [3.63, 3.8) is 0 Å². The van der Waals surface area contributed by atoms with Gasteiger partial charge in [0.2, 0.25) is 0 Å². The molecule has 2 aromatic rings. The van der Waals surface area contributed by atoms with E-state index in [1.807, 2.05) is 0 Å². The van der Waals surface area contributed by atoms with Gasteiger partial charge in [-0.2, -0.15) is 5.10 Å². The molecule has 21 heavy (non-hydrogen) atoms. The molecule has 6 heteroatoms. The van der Waals surface area contributed by atoms with Crippen LogP contribution < -0.4 is 0 Å². The van der Waals surface area contributed by atoms with Gasteiger partial charge in [-0.05, 0) is 47.7 Å². The zero-order chi connectivity index (χ0) is 15.1. The van der Waals surface area contributed by atoms with Crippen molar-refractivity contribution in [2.45, 2.75) is 32.4 Å². The molecule has 1 aromatic heterocycles. The molecule has 0 spiro atoms. The maximum absolute atomic E-state index is 14.6. The Morgan fingerprint density at radius 3 is 2.95 bits per heavy atom. The Kier molecular flexibility index (Phi) is 4.08. The van der Waals surface area contributed by atoms with Gasteiger partial charge in [-0.3, -0.25) is 0 Å². The minimum absolute atomic E-state index is 0.0598. The average Bonchev–Trinajstić information content (AvgIpc) is 2.90. The number of allylic oxidation sites excluding steroid dienone is 1. The van der Waals surface area contributed by atoms with Gasteiger partial charge in [0, 0.05) is 17.6 Å². The van der Waals surface area contributed by atoms with Gasteiger partial charge in [0.1, 0.15) is 0 Å². The second-order valence-electron chi connectivity index (χ2n) is 5.27. The lowest BCUT2D eigenvalue weighted by atomic mass is 10.0. The average molecular weight is 374 g/mol. The van der Waals surface area contributed by atoms with Crippen molar-refractivity contribution in [2.24, 2.45) is 0 Å². The third kappa shape index (κ3) is 2.41. The standard InChI is InChI=1S/C15H15BrClFN2O/c1-8(2)11-14(18)13(17)12(16)9-7-19-20(15(9)11)10-5-3-4-6-21-10/h7,10H,1,3-6H2,2H3. The minimum Gasteiger partial charge on any atom is -0.356 e. The highest BCUT2D eigenvalue weighted by atomic mass is 79.9. The molecule has 2 heterocycles. The molecule has 1 saturated heterocycles. The minimum atomic E-state index is -0.471. The second kappa shape index (κ2) is 5.71. The van der Waals surface area contributed by atoms with Crippen LogP contribution in [-0.4, -0.2) is 16.4 Å². The summed E-state index contributed by atoms with van der Waals surface area (Å²) in [4.78, 5) is 0. The first kappa shape index (κ1) is 15.0. The quantitative estimate of drug-likeness (QED) is 0.666. The van der Waals surface area contributed by atoms with Crippen molar-refractivity contribution < 1.29 is 9.13 Å². The molecule has 3 rings (SSSR count). The van der Waals surface area contributed by atoms with Crippen LogP contribution >= 0.6 is 27.5 Å². The van der Waals surface area contributed by atoms with E-state index < -0.39 is 5.82 Å². The third-order valence-electron chi connectivity index (χ3n) is 3.73. The molecule has 0 aliphatic carbocycles. The zero-order valence-corrected chi connectivity index (χ0v) is 14.0. The molecule has 0 amide bonds. The van der Waals surface area contributed by atoms with Crippen LogP contribution in [0.3, 0.4) is 0 Å². The predicted molar refractivity (Wildman–Crippen MR) is 85.9 cm³/mol. The van der Waals surface area contributed by atoms with E-state index in [0.29, 0.717) is 27.7 Å². The lowest BCUT2D eigenvalue weighted by molar-refractivity contribution is -0.0367. The molecule has 1 aromatic carbocycles. The SMILES string of the molecule is C=C(C)c1c(F)c(Cl)c(Br)c2cnn(C3CCCCO3)c12. The van der Waals surface area contributed by atoms with Gasteiger partial charge in [0.25, 0.3) is 0 Å². The van der Waals surface area contributed by atoms with Crippen molar-refractivity contribution in [1.29, 1.82) is 0 Å². The first-order chi connectivity index (χ1) is 10.0. The maximum Gasteiger partial charge on any atom is 0.152 e. The number of nitrogens with zero attached hydrogens (tertiary/aromatic N) is 2. The molecule has 1 unspecified atom stereocenters. The summed E-state index contributed by atoms with van der Waals surface area (Å²) in [5, 5.41) is 5.23. The number of hydrogen-bond donors (Lipinski definition) is 0.